The molecule has 0 aliphatic heterocycles. The highest BCUT2D eigenvalue weighted by molar-refractivity contribution is 5.95. The van der Waals surface area contributed by atoms with Gasteiger partial charge in [-0.3, -0.25) is 4.79 Å². The summed E-state index contributed by atoms with van der Waals surface area (Å²) in [6.45, 7) is 1.55. The Morgan fingerprint density at radius 1 is 1.22 bits per heavy atom. The van der Waals surface area contributed by atoms with E-state index in [1.54, 1.807) is 24.3 Å². The van der Waals surface area contributed by atoms with Crippen LogP contribution in [0, 0.1) is 18.3 Å². The maximum Gasteiger partial charge on any atom is 0.433 e. The molecule has 4 nitrogen and oxygen atoms in total. The molecule has 23 heavy (non-hydrogen) atoms. The number of aromatic nitrogens is 1. The van der Waals surface area contributed by atoms with E-state index in [1.807, 2.05) is 6.07 Å². The van der Waals surface area contributed by atoms with E-state index in [4.69, 9.17) is 5.26 Å². The first kappa shape index (κ1) is 16.5. The highest BCUT2D eigenvalue weighted by atomic mass is 19.4. The molecular formula is C16H12F3N3O. The van der Waals surface area contributed by atoms with Gasteiger partial charge in [-0.15, -0.1) is 0 Å². The van der Waals surface area contributed by atoms with Crippen LogP contribution in [0.4, 0.5) is 13.2 Å². The number of hydrogen-bond acceptors (Lipinski definition) is 3. The van der Waals surface area contributed by atoms with E-state index >= 15 is 0 Å². The van der Waals surface area contributed by atoms with Gasteiger partial charge in [0.2, 0.25) is 0 Å². The zero-order valence-corrected chi connectivity index (χ0v) is 12.1. The zero-order valence-electron chi connectivity index (χ0n) is 12.1. The van der Waals surface area contributed by atoms with Crippen LogP contribution in [0.1, 0.15) is 32.9 Å². The third-order valence-corrected chi connectivity index (χ3v) is 3.16. The van der Waals surface area contributed by atoms with Crippen LogP contribution in [0.2, 0.25) is 0 Å². The lowest BCUT2D eigenvalue weighted by Crippen LogP contribution is -2.24. The number of amides is 1. The van der Waals surface area contributed by atoms with Crippen LogP contribution in [0.25, 0.3) is 0 Å². The van der Waals surface area contributed by atoms with Crippen molar-refractivity contribution in [3.05, 3.63) is 64.5 Å². The third kappa shape index (κ3) is 4.07. The van der Waals surface area contributed by atoms with Crippen molar-refractivity contribution in [1.82, 2.24) is 10.3 Å². The van der Waals surface area contributed by atoms with Crippen molar-refractivity contribution in [3.63, 3.8) is 0 Å². The Morgan fingerprint density at radius 2 is 1.87 bits per heavy atom. The molecule has 1 aromatic heterocycles. The number of nitriles is 1. The summed E-state index contributed by atoms with van der Waals surface area (Å²) in [7, 11) is 0. The smallest absolute Gasteiger partial charge is 0.348 e. The number of alkyl halides is 3. The van der Waals surface area contributed by atoms with Crippen LogP contribution in [0.5, 0.6) is 0 Å². The topological polar surface area (TPSA) is 65.8 Å². The summed E-state index contributed by atoms with van der Waals surface area (Å²) in [6.07, 6.45) is -4.54. The van der Waals surface area contributed by atoms with E-state index in [-0.39, 0.29) is 17.8 Å². The standard InChI is InChI=1S/C16H12F3N3O/c1-10-13(6-7-14(22-10)16(17,18)19)15(23)21-9-12-4-2-11(8-20)3-5-12/h2-7H,9H2,1H3,(H,21,23). The number of hydrogen-bond donors (Lipinski definition) is 1. The Kier molecular flexibility index (Phi) is 4.65. The number of pyridine rings is 1. The van der Waals surface area contributed by atoms with Gasteiger partial charge in [-0.05, 0) is 36.8 Å². The maximum atomic E-state index is 12.5. The van der Waals surface area contributed by atoms with E-state index < -0.39 is 17.8 Å². The van der Waals surface area contributed by atoms with Gasteiger partial charge in [-0.25, -0.2) is 4.98 Å². The second-order valence-electron chi connectivity index (χ2n) is 4.82. The SMILES string of the molecule is Cc1nc(C(F)(F)F)ccc1C(=O)NCc1ccc(C#N)cc1. The first-order valence-corrected chi connectivity index (χ1v) is 6.63. The molecule has 0 fully saturated rings. The Labute approximate surface area is 130 Å². The predicted octanol–water partition coefficient (Wildman–Crippen LogP) is 3.21. The Bertz CT molecular complexity index is 762. The molecule has 1 aromatic carbocycles. The third-order valence-electron chi connectivity index (χ3n) is 3.16. The lowest BCUT2D eigenvalue weighted by atomic mass is 10.1. The summed E-state index contributed by atoms with van der Waals surface area (Å²) >= 11 is 0. The fourth-order valence-electron chi connectivity index (χ4n) is 1.93. The highest BCUT2D eigenvalue weighted by Gasteiger charge is 2.33. The molecule has 0 aliphatic carbocycles. The molecule has 0 saturated carbocycles. The van der Waals surface area contributed by atoms with Gasteiger partial charge in [0.15, 0.2) is 0 Å². The van der Waals surface area contributed by atoms with Crippen molar-refractivity contribution in [2.75, 3.05) is 0 Å². The van der Waals surface area contributed by atoms with Crippen molar-refractivity contribution in [1.29, 1.82) is 5.26 Å². The van der Waals surface area contributed by atoms with Crippen molar-refractivity contribution < 1.29 is 18.0 Å². The maximum absolute atomic E-state index is 12.5. The number of nitrogens with one attached hydrogen (secondary N) is 1. The molecule has 0 atom stereocenters. The van der Waals surface area contributed by atoms with Gasteiger partial charge >= 0.3 is 6.18 Å². The van der Waals surface area contributed by atoms with Gasteiger partial charge in [0, 0.05) is 6.54 Å². The first-order chi connectivity index (χ1) is 10.8. The number of halogens is 3. The predicted molar refractivity (Wildman–Crippen MR) is 76.3 cm³/mol. The Balaban J connectivity index is 2.07. The minimum Gasteiger partial charge on any atom is -0.348 e. The van der Waals surface area contributed by atoms with Crippen molar-refractivity contribution in [2.45, 2.75) is 19.6 Å². The van der Waals surface area contributed by atoms with Gasteiger partial charge in [0.1, 0.15) is 5.69 Å². The van der Waals surface area contributed by atoms with Gasteiger partial charge < -0.3 is 5.32 Å². The minimum absolute atomic E-state index is 0.0113. The van der Waals surface area contributed by atoms with E-state index in [9.17, 15) is 18.0 Å². The first-order valence-electron chi connectivity index (χ1n) is 6.63. The molecule has 1 N–H and O–H groups in total. The fraction of sp³-hybridized carbons (Fsp3) is 0.188. The molecule has 7 heteroatoms. The summed E-state index contributed by atoms with van der Waals surface area (Å²) in [5.74, 6) is -0.506. The summed E-state index contributed by atoms with van der Waals surface area (Å²) < 4.78 is 37.6. The van der Waals surface area contributed by atoms with E-state index in [1.165, 1.54) is 6.92 Å². The van der Waals surface area contributed by atoms with Crippen LogP contribution < -0.4 is 5.32 Å². The second-order valence-corrected chi connectivity index (χ2v) is 4.82. The zero-order chi connectivity index (χ0) is 17.0. The fourth-order valence-corrected chi connectivity index (χ4v) is 1.93. The number of benzene rings is 1. The largest absolute Gasteiger partial charge is 0.433 e. The lowest BCUT2D eigenvalue weighted by molar-refractivity contribution is -0.141. The summed E-state index contributed by atoms with van der Waals surface area (Å²) in [5.41, 5.74) is 0.347. The Morgan fingerprint density at radius 3 is 2.39 bits per heavy atom. The number of carbonyl (C=O) groups excluding carboxylic acids is 1. The number of carbonyl (C=O) groups is 1. The summed E-state index contributed by atoms with van der Waals surface area (Å²) in [4.78, 5) is 15.5. The number of nitrogens with zero attached hydrogens (tertiary/aromatic N) is 2. The molecule has 1 heterocycles. The molecular weight excluding hydrogens is 307 g/mol. The lowest BCUT2D eigenvalue weighted by Gasteiger charge is -2.10. The molecule has 0 aliphatic rings. The molecule has 0 radical (unpaired) electrons. The van der Waals surface area contributed by atoms with Crippen molar-refractivity contribution >= 4 is 5.91 Å². The van der Waals surface area contributed by atoms with Crippen LogP contribution in [-0.2, 0) is 12.7 Å². The highest BCUT2D eigenvalue weighted by Crippen LogP contribution is 2.28. The average molecular weight is 319 g/mol. The van der Waals surface area contributed by atoms with Crippen molar-refractivity contribution in [2.24, 2.45) is 0 Å². The van der Waals surface area contributed by atoms with E-state index in [0.29, 0.717) is 5.56 Å². The van der Waals surface area contributed by atoms with Crippen LogP contribution in [0.3, 0.4) is 0 Å². The van der Waals surface area contributed by atoms with Gasteiger partial charge in [-0.1, -0.05) is 12.1 Å². The van der Waals surface area contributed by atoms with Crippen LogP contribution in [0.15, 0.2) is 36.4 Å². The van der Waals surface area contributed by atoms with Crippen LogP contribution >= 0.6 is 0 Å². The van der Waals surface area contributed by atoms with E-state index in [0.717, 1.165) is 17.7 Å². The molecule has 2 aromatic rings. The number of aryl methyl sites for hydroxylation is 1. The molecule has 118 valence electrons. The second kappa shape index (κ2) is 6.48. The molecule has 1 amide bonds. The molecule has 2 rings (SSSR count). The summed E-state index contributed by atoms with van der Waals surface area (Å²) in [6, 6.07) is 10.5. The van der Waals surface area contributed by atoms with Gasteiger partial charge in [0.05, 0.1) is 22.9 Å². The Hall–Kier alpha value is -2.88. The van der Waals surface area contributed by atoms with Gasteiger partial charge in [-0.2, -0.15) is 18.4 Å². The minimum atomic E-state index is -4.54. The van der Waals surface area contributed by atoms with Crippen LogP contribution in [-0.4, -0.2) is 10.9 Å². The van der Waals surface area contributed by atoms with Crippen molar-refractivity contribution in [3.8, 4) is 6.07 Å². The molecule has 0 saturated heterocycles. The molecule has 0 spiro atoms. The molecule has 0 bridgehead atoms. The normalized spacial score (nSPS) is 10.9. The monoisotopic (exact) mass is 319 g/mol. The van der Waals surface area contributed by atoms with E-state index in [2.05, 4.69) is 10.3 Å². The molecule has 0 unspecified atom stereocenters. The summed E-state index contributed by atoms with van der Waals surface area (Å²) in [5, 5.41) is 11.3. The van der Waals surface area contributed by atoms with Gasteiger partial charge in [0.25, 0.3) is 5.91 Å². The number of rotatable bonds is 3. The average Bonchev–Trinajstić information content (AvgIpc) is 2.52. The quantitative estimate of drug-likeness (QED) is 0.944.